The van der Waals surface area contributed by atoms with E-state index in [0.29, 0.717) is 0 Å². The first-order valence-electron chi connectivity index (χ1n) is 12.8. The number of carbonyl (C=O) groups is 2. The zero-order valence-corrected chi connectivity index (χ0v) is 23.2. The summed E-state index contributed by atoms with van der Waals surface area (Å²) in [4.78, 5) is 35.0. The van der Waals surface area contributed by atoms with Crippen molar-refractivity contribution in [3.63, 3.8) is 0 Å². The highest BCUT2D eigenvalue weighted by atomic mass is 32.2. The van der Waals surface area contributed by atoms with Crippen molar-refractivity contribution >= 4 is 27.8 Å². The molecule has 0 bridgehead atoms. The summed E-state index contributed by atoms with van der Waals surface area (Å²) in [5.74, 6) is -0.668. The van der Waals surface area contributed by atoms with Gasteiger partial charge in [0.25, 0.3) is 5.69 Å². The Morgan fingerprint density at radius 3 is 2.20 bits per heavy atom. The first-order chi connectivity index (χ1) is 19.7. The Labute approximate surface area is 238 Å². The lowest BCUT2D eigenvalue weighted by atomic mass is 10.1. The van der Waals surface area contributed by atoms with E-state index < -0.39 is 43.6 Å². The third kappa shape index (κ3) is 9.55. The van der Waals surface area contributed by atoms with E-state index in [2.05, 4.69) is 5.32 Å². The molecule has 0 saturated carbocycles. The molecule has 0 aliphatic carbocycles. The second-order valence-electron chi connectivity index (χ2n) is 8.79. The number of nitrogens with zero attached hydrogens (tertiary/aromatic N) is 2. The van der Waals surface area contributed by atoms with E-state index in [0.717, 1.165) is 33.6 Å². The first kappa shape index (κ1) is 31.0. The van der Waals surface area contributed by atoms with Gasteiger partial charge in [-0.25, -0.2) is 18.0 Å². The van der Waals surface area contributed by atoms with E-state index in [-0.39, 0.29) is 32.7 Å². The van der Waals surface area contributed by atoms with Gasteiger partial charge in [0, 0.05) is 25.2 Å². The van der Waals surface area contributed by atoms with Crippen LogP contribution in [0.5, 0.6) is 0 Å². The van der Waals surface area contributed by atoms with Gasteiger partial charge in [-0.3, -0.25) is 10.1 Å². The van der Waals surface area contributed by atoms with Crippen molar-refractivity contribution in [2.24, 2.45) is 0 Å². The molecule has 0 unspecified atom stereocenters. The second kappa shape index (κ2) is 15.3. The van der Waals surface area contributed by atoms with E-state index in [1.54, 1.807) is 19.1 Å². The fraction of sp³-hybridized carbons (Fsp3) is 0.241. The first-order valence-corrected chi connectivity index (χ1v) is 14.2. The highest BCUT2D eigenvalue weighted by Gasteiger charge is 2.33. The smallest absolute Gasteiger partial charge is 0.407 e. The van der Waals surface area contributed by atoms with Crippen LogP contribution in [0.15, 0.2) is 102 Å². The molecule has 0 fully saturated rings. The van der Waals surface area contributed by atoms with Gasteiger partial charge in [-0.1, -0.05) is 78.9 Å². The van der Waals surface area contributed by atoms with E-state index in [1.165, 1.54) is 18.2 Å². The molecule has 3 aromatic carbocycles. The number of ether oxygens (including phenoxy) is 2. The van der Waals surface area contributed by atoms with Crippen molar-refractivity contribution in [3.8, 4) is 0 Å². The number of benzene rings is 3. The van der Waals surface area contributed by atoms with Crippen molar-refractivity contribution in [2.75, 3.05) is 19.7 Å². The maximum atomic E-state index is 13.8. The number of rotatable bonds is 14. The molecule has 0 saturated heterocycles. The van der Waals surface area contributed by atoms with Gasteiger partial charge in [0.1, 0.15) is 6.61 Å². The molecule has 1 atom stereocenters. The van der Waals surface area contributed by atoms with Crippen LogP contribution in [0.2, 0.25) is 0 Å². The van der Waals surface area contributed by atoms with Crippen LogP contribution < -0.4 is 5.32 Å². The maximum absolute atomic E-state index is 13.8. The summed E-state index contributed by atoms with van der Waals surface area (Å²) in [7, 11) is -4.47. The SMILES string of the molecule is CCOC(=O)/C=C/CN(C[C@H](Cc1ccccc1)NC(=O)OCc1ccccc1)S(=O)(=O)c1ccccc1[N+](=O)[O-]. The molecule has 0 radical (unpaired) electrons. The van der Waals surface area contributed by atoms with Crippen LogP contribution in [0.1, 0.15) is 18.1 Å². The number of sulfonamides is 1. The zero-order valence-electron chi connectivity index (χ0n) is 22.4. The predicted octanol–water partition coefficient (Wildman–Crippen LogP) is 4.24. The van der Waals surface area contributed by atoms with E-state index >= 15 is 0 Å². The van der Waals surface area contributed by atoms with Gasteiger partial charge in [0.05, 0.1) is 17.6 Å². The third-order valence-electron chi connectivity index (χ3n) is 5.81. The van der Waals surface area contributed by atoms with Crippen LogP contribution in [-0.2, 0) is 37.3 Å². The van der Waals surface area contributed by atoms with Crippen molar-refractivity contribution in [1.82, 2.24) is 9.62 Å². The van der Waals surface area contributed by atoms with Gasteiger partial charge < -0.3 is 14.8 Å². The molecule has 1 N–H and O–H groups in total. The van der Waals surface area contributed by atoms with Crippen LogP contribution in [0.4, 0.5) is 10.5 Å². The maximum Gasteiger partial charge on any atom is 0.407 e. The fourth-order valence-corrected chi connectivity index (χ4v) is 5.52. The number of nitro groups is 1. The summed E-state index contributed by atoms with van der Waals surface area (Å²) in [6.45, 7) is 1.17. The minimum Gasteiger partial charge on any atom is -0.463 e. The number of alkyl carbamates (subject to hydrolysis) is 1. The Bertz CT molecular complexity index is 1450. The molecule has 3 rings (SSSR count). The molecule has 3 aromatic rings. The van der Waals surface area contributed by atoms with Crippen LogP contribution in [-0.4, -0.2) is 55.4 Å². The molecule has 0 aliphatic rings. The highest BCUT2D eigenvalue weighted by molar-refractivity contribution is 7.89. The summed E-state index contributed by atoms with van der Waals surface area (Å²) in [6, 6.07) is 22.3. The van der Waals surface area contributed by atoms with Crippen LogP contribution in [0.25, 0.3) is 0 Å². The van der Waals surface area contributed by atoms with Crippen molar-refractivity contribution in [1.29, 1.82) is 0 Å². The average Bonchev–Trinajstić information content (AvgIpc) is 2.96. The number of nitrogens with one attached hydrogen (secondary N) is 1. The van der Waals surface area contributed by atoms with E-state index in [1.807, 2.05) is 48.5 Å². The molecule has 12 heteroatoms. The summed E-state index contributed by atoms with van der Waals surface area (Å²) in [5, 5.41) is 14.4. The molecule has 0 spiro atoms. The number of amides is 1. The fourth-order valence-electron chi connectivity index (χ4n) is 3.93. The lowest BCUT2D eigenvalue weighted by Gasteiger charge is -2.27. The van der Waals surface area contributed by atoms with E-state index in [9.17, 15) is 28.1 Å². The Hall–Kier alpha value is -4.55. The lowest BCUT2D eigenvalue weighted by molar-refractivity contribution is -0.387. The molecule has 11 nitrogen and oxygen atoms in total. The van der Waals surface area contributed by atoms with Crippen molar-refractivity contribution < 1.29 is 32.4 Å². The largest absolute Gasteiger partial charge is 0.463 e. The summed E-state index contributed by atoms with van der Waals surface area (Å²) >= 11 is 0. The number of para-hydroxylation sites is 1. The van der Waals surface area contributed by atoms with Crippen LogP contribution in [0, 0.1) is 10.1 Å². The number of nitro benzene ring substituents is 1. The highest BCUT2D eigenvalue weighted by Crippen LogP contribution is 2.26. The molecule has 0 aromatic heterocycles. The molecular formula is C29H31N3O8S. The van der Waals surface area contributed by atoms with Crippen LogP contribution in [0.3, 0.4) is 0 Å². The minimum absolute atomic E-state index is 0.00519. The van der Waals surface area contributed by atoms with Crippen molar-refractivity contribution in [2.45, 2.75) is 30.9 Å². The summed E-state index contributed by atoms with van der Waals surface area (Å²) < 4.78 is 38.7. The Kier molecular flexibility index (Phi) is 11.6. The molecule has 0 heterocycles. The summed E-state index contributed by atoms with van der Waals surface area (Å²) in [5.41, 5.74) is 0.986. The number of hydrogen-bond acceptors (Lipinski definition) is 8. The molecule has 1 amide bonds. The standard InChI is InChI=1S/C29H31N3O8S/c1-2-39-28(33)18-11-19-31(41(37,38)27-17-10-9-16-26(27)32(35)36)21-25(20-23-12-5-3-6-13-23)30-29(34)40-22-24-14-7-4-8-15-24/h3-18,25H,2,19-22H2,1H3,(H,30,34)/b18-11+/t25-/m0/s1. The average molecular weight is 582 g/mol. The topological polar surface area (TPSA) is 145 Å². The van der Waals surface area contributed by atoms with Gasteiger partial charge in [-0.15, -0.1) is 0 Å². The van der Waals surface area contributed by atoms with Crippen LogP contribution >= 0.6 is 0 Å². The Morgan fingerprint density at radius 2 is 1.56 bits per heavy atom. The summed E-state index contributed by atoms with van der Waals surface area (Å²) in [6.07, 6.45) is 1.84. The second-order valence-corrected chi connectivity index (χ2v) is 10.7. The molecular weight excluding hydrogens is 550 g/mol. The van der Waals surface area contributed by atoms with Gasteiger partial charge in [-0.05, 0) is 30.5 Å². The van der Waals surface area contributed by atoms with Gasteiger partial charge >= 0.3 is 12.1 Å². The third-order valence-corrected chi connectivity index (χ3v) is 7.69. The van der Waals surface area contributed by atoms with Gasteiger partial charge in [0.2, 0.25) is 10.0 Å². The van der Waals surface area contributed by atoms with E-state index in [4.69, 9.17) is 9.47 Å². The molecule has 0 aliphatic heterocycles. The minimum atomic E-state index is -4.47. The van der Waals surface area contributed by atoms with Gasteiger partial charge in [-0.2, -0.15) is 4.31 Å². The zero-order chi connectivity index (χ0) is 29.7. The molecule has 41 heavy (non-hydrogen) atoms. The Morgan fingerprint density at radius 1 is 0.951 bits per heavy atom. The normalized spacial score (nSPS) is 12.1. The quantitative estimate of drug-likeness (QED) is 0.129. The van der Waals surface area contributed by atoms with Crippen molar-refractivity contribution in [3.05, 3.63) is 118 Å². The lowest BCUT2D eigenvalue weighted by Crippen LogP contribution is -2.47. The number of esters is 1. The monoisotopic (exact) mass is 581 g/mol. The number of carbonyl (C=O) groups excluding carboxylic acids is 2. The number of hydrogen-bond donors (Lipinski definition) is 1. The Balaban J connectivity index is 1.91. The molecule has 216 valence electrons. The predicted molar refractivity (Wildman–Crippen MR) is 151 cm³/mol. The van der Waals surface area contributed by atoms with Gasteiger partial charge in [0.15, 0.2) is 4.90 Å².